The molecule has 0 aromatic heterocycles. The maximum Gasteiger partial charge on any atom is 0.145 e. The molecule has 0 aromatic rings. The van der Waals surface area contributed by atoms with Gasteiger partial charge >= 0.3 is 0 Å². The lowest BCUT2D eigenvalue weighted by atomic mass is 9.98. The zero-order valence-corrected chi connectivity index (χ0v) is 7.14. The lowest BCUT2D eigenvalue weighted by Crippen LogP contribution is -2.17. The highest BCUT2D eigenvalue weighted by molar-refractivity contribution is 4.64. The van der Waals surface area contributed by atoms with Crippen LogP contribution in [0.1, 0.15) is 38.5 Å². The van der Waals surface area contributed by atoms with Crippen molar-refractivity contribution >= 4 is 0 Å². The Hall–Kier alpha value is -0.0800. The number of ether oxygens (including phenoxy) is 1. The SMILES string of the molecule is [OH2+]CCCOC1CCCCC1. The van der Waals surface area contributed by atoms with E-state index in [2.05, 4.69) is 0 Å². The maximum absolute atomic E-state index is 6.94. The lowest BCUT2D eigenvalue weighted by Gasteiger charge is -2.21. The number of rotatable bonds is 4. The summed E-state index contributed by atoms with van der Waals surface area (Å²) >= 11 is 0. The number of hydrogen-bond acceptors (Lipinski definition) is 1. The van der Waals surface area contributed by atoms with Crippen molar-refractivity contribution in [2.24, 2.45) is 0 Å². The van der Waals surface area contributed by atoms with E-state index in [0.29, 0.717) is 12.7 Å². The fraction of sp³-hybridized carbons (Fsp3) is 1.00. The highest BCUT2D eigenvalue weighted by Gasteiger charge is 2.12. The van der Waals surface area contributed by atoms with E-state index < -0.39 is 0 Å². The van der Waals surface area contributed by atoms with E-state index in [0.717, 1.165) is 13.0 Å². The maximum atomic E-state index is 6.94. The first-order valence-corrected chi connectivity index (χ1v) is 4.69. The first-order valence-electron chi connectivity index (χ1n) is 4.69. The van der Waals surface area contributed by atoms with Crippen molar-refractivity contribution in [2.75, 3.05) is 13.2 Å². The molecule has 0 spiro atoms. The van der Waals surface area contributed by atoms with Crippen LogP contribution in [0, 0.1) is 0 Å². The molecule has 0 radical (unpaired) electrons. The van der Waals surface area contributed by atoms with Crippen LogP contribution in [0.5, 0.6) is 0 Å². The van der Waals surface area contributed by atoms with Gasteiger partial charge in [-0.1, -0.05) is 19.3 Å². The minimum Gasteiger partial charge on any atom is -0.445 e. The molecule has 0 saturated heterocycles. The summed E-state index contributed by atoms with van der Waals surface area (Å²) in [5.74, 6) is 0. The Morgan fingerprint density at radius 1 is 1.18 bits per heavy atom. The topological polar surface area (TPSA) is 32.1 Å². The predicted octanol–water partition coefficient (Wildman–Crippen LogP) is 1.45. The molecule has 0 aliphatic heterocycles. The van der Waals surface area contributed by atoms with Gasteiger partial charge in [-0.3, -0.25) is 0 Å². The van der Waals surface area contributed by atoms with E-state index in [1.165, 1.54) is 32.1 Å². The lowest BCUT2D eigenvalue weighted by molar-refractivity contribution is 0.0214. The van der Waals surface area contributed by atoms with Crippen molar-refractivity contribution < 1.29 is 9.84 Å². The second-order valence-electron chi connectivity index (χ2n) is 3.23. The summed E-state index contributed by atoms with van der Waals surface area (Å²) in [5.41, 5.74) is 0. The molecule has 0 bridgehead atoms. The van der Waals surface area contributed by atoms with Crippen LogP contribution >= 0.6 is 0 Å². The molecule has 0 atom stereocenters. The van der Waals surface area contributed by atoms with Gasteiger partial charge in [0.2, 0.25) is 0 Å². The molecule has 1 aliphatic rings. The van der Waals surface area contributed by atoms with Crippen molar-refractivity contribution in [3.63, 3.8) is 0 Å². The van der Waals surface area contributed by atoms with Gasteiger partial charge in [0.25, 0.3) is 0 Å². The molecule has 1 aliphatic carbocycles. The standard InChI is InChI=1S/C9H18O2/c10-7-4-8-11-9-5-2-1-3-6-9/h9-10H,1-8H2/p+1. The molecule has 1 rings (SSSR count). The Labute approximate surface area is 68.6 Å². The summed E-state index contributed by atoms with van der Waals surface area (Å²) in [7, 11) is 0. The third-order valence-electron chi connectivity index (χ3n) is 2.23. The third kappa shape index (κ3) is 3.73. The molecule has 0 unspecified atom stereocenters. The van der Waals surface area contributed by atoms with Gasteiger partial charge in [0.1, 0.15) is 6.61 Å². The Kier molecular flexibility index (Phi) is 4.55. The molecule has 2 nitrogen and oxygen atoms in total. The highest BCUT2D eigenvalue weighted by atomic mass is 16.5. The first-order chi connectivity index (χ1) is 5.43. The monoisotopic (exact) mass is 159 g/mol. The zero-order valence-electron chi connectivity index (χ0n) is 7.14. The average molecular weight is 159 g/mol. The van der Waals surface area contributed by atoms with Crippen molar-refractivity contribution in [3.8, 4) is 0 Å². The Morgan fingerprint density at radius 3 is 2.55 bits per heavy atom. The van der Waals surface area contributed by atoms with Crippen molar-refractivity contribution in [2.45, 2.75) is 44.6 Å². The molecule has 0 aromatic carbocycles. The molecule has 2 N–H and O–H groups in total. The molecule has 1 fully saturated rings. The summed E-state index contributed by atoms with van der Waals surface area (Å²) in [4.78, 5) is 0. The second kappa shape index (κ2) is 5.56. The minimum atomic E-state index is 0.507. The zero-order chi connectivity index (χ0) is 7.94. The largest absolute Gasteiger partial charge is 0.445 e. The van der Waals surface area contributed by atoms with Gasteiger partial charge in [0.05, 0.1) is 12.7 Å². The summed E-state index contributed by atoms with van der Waals surface area (Å²) < 4.78 is 5.60. The van der Waals surface area contributed by atoms with E-state index in [4.69, 9.17) is 9.84 Å². The van der Waals surface area contributed by atoms with Gasteiger partial charge in [-0.15, -0.1) is 0 Å². The average Bonchev–Trinajstić information content (AvgIpc) is 2.07. The van der Waals surface area contributed by atoms with Gasteiger partial charge < -0.3 is 9.84 Å². The van der Waals surface area contributed by atoms with E-state index in [-0.39, 0.29) is 0 Å². The molecule has 0 heterocycles. The predicted molar refractivity (Wildman–Crippen MR) is 45.9 cm³/mol. The number of hydrogen-bond donors (Lipinski definition) is 0. The summed E-state index contributed by atoms with van der Waals surface area (Å²) in [6.45, 7) is 1.31. The molecule has 1 saturated carbocycles. The van der Waals surface area contributed by atoms with Crippen LogP contribution in [0.4, 0.5) is 0 Å². The normalized spacial score (nSPS) is 20.5. The van der Waals surface area contributed by atoms with E-state index >= 15 is 0 Å². The summed E-state index contributed by atoms with van der Waals surface area (Å²) in [6.07, 6.45) is 7.98. The molecular formula is C9H19O2+. The van der Waals surface area contributed by atoms with Crippen LogP contribution in [-0.4, -0.2) is 24.4 Å². The molecular weight excluding hydrogens is 140 g/mol. The molecule has 2 heteroatoms. The van der Waals surface area contributed by atoms with Crippen LogP contribution in [0.2, 0.25) is 0 Å². The Bertz CT molecular complexity index is 87.6. The fourth-order valence-electron chi connectivity index (χ4n) is 1.55. The van der Waals surface area contributed by atoms with Gasteiger partial charge in [0, 0.05) is 6.42 Å². The first kappa shape index (κ1) is 9.01. The highest BCUT2D eigenvalue weighted by Crippen LogP contribution is 2.20. The van der Waals surface area contributed by atoms with E-state index in [9.17, 15) is 0 Å². The third-order valence-corrected chi connectivity index (χ3v) is 2.23. The van der Waals surface area contributed by atoms with E-state index in [1.807, 2.05) is 0 Å². The van der Waals surface area contributed by atoms with Crippen LogP contribution in [0.15, 0.2) is 0 Å². The van der Waals surface area contributed by atoms with Gasteiger partial charge in [0.15, 0.2) is 0 Å². The van der Waals surface area contributed by atoms with Crippen molar-refractivity contribution in [3.05, 3.63) is 0 Å². The summed E-state index contributed by atoms with van der Waals surface area (Å²) in [6, 6.07) is 0. The van der Waals surface area contributed by atoms with Crippen LogP contribution in [0.25, 0.3) is 0 Å². The quantitative estimate of drug-likeness (QED) is 0.451. The van der Waals surface area contributed by atoms with Crippen LogP contribution < -0.4 is 0 Å². The molecule has 11 heavy (non-hydrogen) atoms. The van der Waals surface area contributed by atoms with Crippen LogP contribution in [0.3, 0.4) is 0 Å². The fourth-order valence-corrected chi connectivity index (χ4v) is 1.55. The molecule has 0 amide bonds. The smallest absolute Gasteiger partial charge is 0.145 e. The molecule has 66 valence electrons. The van der Waals surface area contributed by atoms with Crippen LogP contribution in [-0.2, 0) is 4.74 Å². The Morgan fingerprint density at radius 2 is 1.91 bits per heavy atom. The Balaban J connectivity index is 1.96. The van der Waals surface area contributed by atoms with Gasteiger partial charge in [-0.2, -0.15) is 0 Å². The second-order valence-corrected chi connectivity index (χ2v) is 3.23. The van der Waals surface area contributed by atoms with Gasteiger partial charge in [-0.05, 0) is 12.8 Å². The minimum absolute atomic E-state index is 0.507. The van der Waals surface area contributed by atoms with Crippen molar-refractivity contribution in [1.82, 2.24) is 0 Å². The summed E-state index contributed by atoms with van der Waals surface area (Å²) in [5, 5.41) is 6.94. The van der Waals surface area contributed by atoms with Gasteiger partial charge in [-0.25, -0.2) is 0 Å². The van der Waals surface area contributed by atoms with Crippen molar-refractivity contribution in [1.29, 1.82) is 0 Å². The van der Waals surface area contributed by atoms with E-state index in [1.54, 1.807) is 0 Å².